The third-order valence-corrected chi connectivity index (χ3v) is 3.05. The molecule has 2 aromatic rings. The van der Waals surface area contributed by atoms with E-state index < -0.39 is 35.4 Å². The lowest BCUT2D eigenvalue weighted by atomic mass is 10.1. The minimum Gasteiger partial charge on any atom is -0.468 e. The molecule has 0 bridgehead atoms. The predicted molar refractivity (Wildman–Crippen MR) is 91.5 cm³/mol. The number of anilines is 1. The normalized spacial score (nSPS) is 9.58. The van der Waals surface area contributed by atoms with E-state index in [-0.39, 0.29) is 11.4 Å². The average Bonchev–Trinajstić information content (AvgIpc) is 2.67. The highest BCUT2D eigenvalue weighted by Crippen LogP contribution is 2.23. The van der Waals surface area contributed by atoms with Crippen LogP contribution >= 0.6 is 0 Å². The van der Waals surface area contributed by atoms with Gasteiger partial charge in [0, 0.05) is 11.6 Å². The maximum Gasteiger partial charge on any atom is 0.351 e. The summed E-state index contributed by atoms with van der Waals surface area (Å²) in [4.78, 5) is 35.0. The first-order valence-electron chi connectivity index (χ1n) is 7.65. The molecule has 8 nitrogen and oxygen atoms in total. The van der Waals surface area contributed by atoms with Crippen LogP contribution in [0.5, 0.6) is 0 Å². The molecule has 0 atom stereocenters. The summed E-state index contributed by atoms with van der Waals surface area (Å²) in [5, 5.41) is 11.3. The number of benzene rings is 1. The van der Waals surface area contributed by atoms with Crippen LogP contribution in [0.3, 0.4) is 0 Å². The van der Waals surface area contributed by atoms with E-state index in [9.17, 15) is 18.8 Å². The summed E-state index contributed by atoms with van der Waals surface area (Å²) < 4.78 is 22.3. The molecule has 140 valence electrons. The first-order chi connectivity index (χ1) is 12.5. The first-order valence-corrected chi connectivity index (χ1v) is 7.65. The molecule has 9 heteroatoms. The van der Waals surface area contributed by atoms with Gasteiger partial charge in [0.25, 0.3) is 5.91 Å². The van der Waals surface area contributed by atoms with Crippen LogP contribution in [0.4, 0.5) is 10.1 Å². The van der Waals surface area contributed by atoms with E-state index in [2.05, 4.69) is 10.1 Å². The van der Waals surface area contributed by atoms with Crippen LogP contribution in [-0.2, 0) is 9.53 Å². The van der Waals surface area contributed by atoms with Crippen LogP contribution in [0.25, 0.3) is 11.3 Å². The number of carbonyl (C=O) groups is 2. The van der Waals surface area contributed by atoms with E-state index in [1.807, 2.05) is 13.8 Å². The van der Waals surface area contributed by atoms with Gasteiger partial charge in [0.05, 0.1) is 12.8 Å². The van der Waals surface area contributed by atoms with Gasteiger partial charge in [-0.3, -0.25) is 20.3 Å². The molecular weight excluding hydrogens is 347 g/mol. The van der Waals surface area contributed by atoms with Crippen molar-refractivity contribution in [3.63, 3.8) is 0 Å². The SMILES string of the molecule is CC.COC(=O)CNC(=O)c1c(NO)cc(-c2ccc(F)cc2)oc1=O. The predicted octanol–water partition coefficient (Wildman–Crippen LogP) is 2.18. The second kappa shape index (κ2) is 9.94. The molecule has 0 saturated carbocycles. The Hall–Kier alpha value is -3.20. The van der Waals surface area contributed by atoms with Crippen LogP contribution in [0.2, 0.25) is 0 Å². The number of halogens is 1. The highest BCUT2D eigenvalue weighted by atomic mass is 19.1. The Balaban J connectivity index is 0.00000163. The van der Waals surface area contributed by atoms with Gasteiger partial charge in [0.1, 0.15) is 18.1 Å². The molecule has 1 heterocycles. The van der Waals surface area contributed by atoms with E-state index in [0.717, 1.165) is 7.11 Å². The second-order valence-electron chi connectivity index (χ2n) is 4.56. The molecule has 3 N–H and O–H groups in total. The first kappa shape index (κ1) is 20.8. The molecule has 26 heavy (non-hydrogen) atoms. The highest BCUT2D eigenvalue weighted by Gasteiger charge is 2.20. The molecular formula is C17H19FN2O6. The van der Waals surface area contributed by atoms with E-state index >= 15 is 0 Å². The Morgan fingerprint density at radius 3 is 2.38 bits per heavy atom. The standard InChI is InChI=1S/C15H13FN2O6.C2H6/c1-23-12(19)7-17-14(20)13-10(18-22)6-11(24-15(13)21)8-2-4-9(16)5-3-8;1-2/h2-6,18,22H,7H2,1H3,(H,17,20);1-2H3. The van der Waals surface area contributed by atoms with E-state index in [1.54, 1.807) is 5.48 Å². The molecule has 0 spiro atoms. The number of ether oxygens (including phenoxy) is 1. The monoisotopic (exact) mass is 366 g/mol. The third-order valence-electron chi connectivity index (χ3n) is 3.05. The smallest absolute Gasteiger partial charge is 0.351 e. The molecule has 0 unspecified atom stereocenters. The lowest BCUT2D eigenvalue weighted by molar-refractivity contribution is -0.139. The molecule has 0 aliphatic carbocycles. The number of amides is 1. The summed E-state index contributed by atoms with van der Waals surface area (Å²) in [6, 6.07) is 6.26. The topological polar surface area (TPSA) is 118 Å². The van der Waals surface area contributed by atoms with Crippen molar-refractivity contribution in [2.24, 2.45) is 0 Å². The van der Waals surface area contributed by atoms with E-state index in [1.165, 1.54) is 30.3 Å². The number of nitrogens with one attached hydrogen (secondary N) is 2. The highest BCUT2D eigenvalue weighted by molar-refractivity contribution is 6.00. The third kappa shape index (κ3) is 5.15. The van der Waals surface area contributed by atoms with Gasteiger partial charge in [-0.25, -0.2) is 9.18 Å². The van der Waals surface area contributed by atoms with Crippen molar-refractivity contribution in [1.29, 1.82) is 0 Å². The molecule has 0 aliphatic heterocycles. The van der Waals surface area contributed by atoms with Crippen LogP contribution in [0.1, 0.15) is 24.2 Å². The fourth-order valence-electron chi connectivity index (χ4n) is 1.87. The quantitative estimate of drug-likeness (QED) is 0.548. The van der Waals surface area contributed by atoms with Crippen molar-refractivity contribution in [3.05, 3.63) is 52.1 Å². The van der Waals surface area contributed by atoms with Crippen molar-refractivity contribution in [3.8, 4) is 11.3 Å². The number of esters is 1. The van der Waals surface area contributed by atoms with Gasteiger partial charge in [-0.05, 0) is 24.3 Å². The summed E-state index contributed by atoms with van der Waals surface area (Å²) in [7, 11) is 1.14. The molecule has 1 amide bonds. The van der Waals surface area contributed by atoms with Crippen molar-refractivity contribution in [1.82, 2.24) is 5.32 Å². The van der Waals surface area contributed by atoms with Gasteiger partial charge in [0.2, 0.25) is 0 Å². The zero-order valence-corrected chi connectivity index (χ0v) is 14.5. The van der Waals surface area contributed by atoms with E-state index in [4.69, 9.17) is 9.62 Å². The van der Waals surface area contributed by atoms with Gasteiger partial charge in [-0.1, -0.05) is 13.8 Å². The molecule has 1 aromatic heterocycles. The minimum atomic E-state index is -1.05. The molecule has 1 aromatic carbocycles. The lowest BCUT2D eigenvalue weighted by Gasteiger charge is -2.09. The fourth-order valence-corrected chi connectivity index (χ4v) is 1.87. The van der Waals surface area contributed by atoms with Crippen molar-refractivity contribution in [2.75, 3.05) is 19.1 Å². The maximum absolute atomic E-state index is 12.9. The zero-order chi connectivity index (χ0) is 19.7. The largest absolute Gasteiger partial charge is 0.468 e. The number of hydrogen-bond acceptors (Lipinski definition) is 7. The molecule has 0 aliphatic rings. The molecule has 2 rings (SSSR count). The van der Waals surface area contributed by atoms with E-state index in [0.29, 0.717) is 5.56 Å². The molecule has 0 radical (unpaired) electrons. The van der Waals surface area contributed by atoms with Crippen molar-refractivity contribution < 1.29 is 28.3 Å². The number of hydrogen-bond donors (Lipinski definition) is 3. The van der Waals surface area contributed by atoms with Gasteiger partial charge in [0.15, 0.2) is 5.56 Å². The summed E-state index contributed by atoms with van der Waals surface area (Å²) in [6.07, 6.45) is 0. The summed E-state index contributed by atoms with van der Waals surface area (Å²) in [5.74, 6) is -2.10. The summed E-state index contributed by atoms with van der Waals surface area (Å²) in [5.41, 5.74) is 0.301. The summed E-state index contributed by atoms with van der Waals surface area (Å²) in [6.45, 7) is 3.54. The average molecular weight is 366 g/mol. The number of methoxy groups -OCH3 is 1. The van der Waals surface area contributed by atoms with Crippen molar-refractivity contribution >= 4 is 17.6 Å². The van der Waals surface area contributed by atoms with Gasteiger partial charge >= 0.3 is 11.6 Å². The lowest BCUT2D eigenvalue weighted by Crippen LogP contribution is -2.33. The van der Waals surface area contributed by atoms with Crippen LogP contribution < -0.4 is 16.4 Å². The Bertz CT molecular complexity index is 817. The molecule has 0 saturated heterocycles. The van der Waals surface area contributed by atoms with Crippen molar-refractivity contribution in [2.45, 2.75) is 13.8 Å². The Kier molecular flexibility index (Phi) is 7.97. The minimum absolute atomic E-state index is 0.0149. The van der Waals surface area contributed by atoms with Crippen LogP contribution in [0, 0.1) is 5.82 Å². The summed E-state index contributed by atoms with van der Waals surface area (Å²) >= 11 is 0. The van der Waals surface area contributed by atoms with Gasteiger partial charge in [-0.15, -0.1) is 0 Å². The fraction of sp³-hybridized carbons (Fsp3) is 0.235. The Morgan fingerprint density at radius 2 is 1.85 bits per heavy atom. The van der Waals surface area contributed by atoms with Crippen LogP contribution in [0.15, 0.2) is 39.5 Å². The van der Waals surface area contributed by atoms with Gasteiger partial charge in [-0.2, -0.15) is 0 Å². The number of carbonyl (C=O) groups excluding carboxylic acids is 2. The number of rotatable bonds is 5. The zero-order valence-electron chi connectivity index (χ0n) is 14.5. The molecule has 0 fully saturated rings. The second-order valence-corrected chi connectivity index (χ2v) is 4.56. The van der Waals surface area contributed by atoms with Crippen LogP contribution in [-0.4, -0.2) is 30.7 Å². The Morgan fingerprint density at radius 1 is 1.23 bits per heavy atom. The maximum atomic E-state index is 12.9. The van der Waals surface area contributed by atoms with Gasteiger partial charge < -0.3 is 14.5 Å². The Labute approximate surface area is 148 Å².